The first-order valence-corrected chi connectivity index (χ1v) is 9.17. The Balaban J connectivity index is 2.31. The molecule has 2 N–H and O–H groups in total. The van der Waals surface area contributed by atoms with Gasteiger partial charge < -0.3 is 5.32 Å². The van der Waals surface area contributed by atoms with Crippen LogP contribution in [0.5, 0.6) is 0 Å². The Labute approximate surface area is 115 Å². The summed E-state index contributed by atoms with van der Waals surface area (Å²) in [5.41, 5.74) is 0. The maximum Gasteiger partial charge on any atom is 0.279 e. The molecule has 1 aliphatic rings. The van der Waals surface area contributed by atoms with Crippen molar-refractivity contribution in [3.63, 3.8) is 0 Å². The zero-order chi connectivity index (χ0) is 13.4. The molecule has 0 aromatic heterocycles. The van der Waals surface area contributed by atoms with Gasteiger partial charge >= 0.3 is 0 Å². The molecule has 0 spiro atoms. The van der Waals surface area contributed by atoms with Crippen LogP contribution in [0.25, 0.3) is 0 Å². The first kappa shape index (κ1) is 16.2. The maximum atomic E-state index is 12.1. The molecule has 7 heteroatoms. The summed E-state index contributed by atoms with van der Waals surface area (Å²) in [6.45, 7) is 4.39. The van der Waals surface area contributed by atoms with Crippen LogP contribution in [0.15, 0.2) is 0 Å². The second kappa shape index (κ2) is 8.37. The molecule has 0 radical (unpaired) electrons. The van der Waals surface area contributed by atoms with E-state index in [2.05, 4.69) is 10.0 Å². The lowest BCUT2D eigenvalue weighted by Gasteiger charge is -2.25. The average molecular weight is 295 g/mol. The van der Waals surface area contributed by atoms with Crippen LogP contribution >= 0.6 is 11.8 Å². The molecule has 0 saturated carbocycles. The van der Waals surface area contributed by atoms with E-state index >= 15 is 0 Å². The topological polar surface area (TPSA) is 61.4 Å². The fraction of sp³-hybridized carbons (Fsp3) is 1.00. The molecular formula is C11H25N3O2S2. The van der Waals surface area contributed by atoms with E-state index in [-0.39, 0.29) is 6.04 Å². The highest BCUT2D eigenvalue weighted by Crippen LogP contribution is 2.17. The minimum absolute atomic E-state index is 0.118. The van der Waals surface area contributed by atoms with Gasteiger partial charge in [0.2, 0.25) is 0 Å². The van der Waals surface area contributed by atoms with Crippen LogP contribution in [-0.2, 0) is 10.2 Å². The van der Waals surface area contributed by atoms with E-state index in [1.54, 1.807) is 7.05 Å². The number of thioether (sulfide) groups is 1. The van der Waals surface area contributed by atoms with Crippen molar-refractivity contribution < 1.29 is 8.42 Å². The Morgan fingerprint density at radius 2 is 2.00 bits per heavy atom. The van der Waals surface area contributed by atoms with Gasteiger partial charge in [-0.15, -0.1) is 0 Å². The van der Waals surface area contributed by atoms with Crippen molar-refractivity contribution in [1.82, 2.24) is 14.3 Å². The van der Waals surface area contributed by atoms with Gasteiger partial charge in [0.05, 0.1) is 0 Å². The van der Waals surface area contributed by atoms with Gasteiger partial charge in [-0.05, 0) is 43.9 Å². The van der Waals surface area contributed by atoms with Crippen LogP contribution in [0.3, 0.4) is 0 Å². The van der Waals surface area contributed by atoms with Crippen LogP contribution in [0.2, 0.25) is 0 Å². The smallest absolute Gasteiger partial charge is 0.279 e. The predicted molar refractivity (Wildman–Crippen MR) is 78.2 cm³/mol. The minimum Gasteiger partial charge on any atom is -0.317 e. The normalized spacial score (nSPS) is 18.4. The van der Waals surface area contributed by atoms with Crippen molar-refractivity contribution in [2.75, 3.05) is 38.2 Å². The van der Waals surface area contributed by atoms with E-state index in [9.17, 15) is 8.42 Å². The van der Waals surface area contributed by atoms with Gasteiger partial charge in [-0.2, -0.15) is 29.2 Å². The summed E-state index contributed by atoms with van der Waals surface area (Å²) >= 11 is 1.90. The Morgan fingerprint density at radius 3 is 2.61 bits per heavy atom. The molecule has 0 bridgehead atoms. The molecular weight excluding hydrogens is 270 g/mol. The van der Waals surface area contributed by atoms with Gasteiger partial charge in [-0.1, -0.05) is 6.92 Å². The summed E-state index contributed by atoms with van der Waals surface area (Å²) in [4.78, 5) is 0. The largest absolute Gasteiger partial charge is 0.317 e. The van der Waals surface area contributed by atoms with Gasteiger partial charge in [0, 0.05) is 19.6 Å². The van der Waals surface area contributed by atoms with Crippen molar-refractivity contribution in [3.8, 4) is 0 Å². The zero-order valence-electron chi connectivity index (χ0n) is 11.3. The van der Waals surface area contributed by atoms with Crippen molar-refractivity contribution in [2.24, 2.45) is 0 Å². The highest BCUT2D eigenvalue weighted by molar-refractivity contribution is 7.99. The molecule has 0 aromatic carbocycles. The van der Waals surface area contributed by atoms with E-state index < -0.39 is 10.2 Å². The van der Waals surface area contributed by atoms with Crippen molar-refractivity contribution in [1.29, 1.82) is 0 Å². The maximum absolute atomic E-state index is 12.1. The summed E-state index contributed by atoms with van der Waals surface area (Å²) < 4.78 is 28.3. The highest BCUT2D eigenvalue weighted by Gasteiger charge is 2.23. The van der Waals surface area contributed by atoms with Crippen LogP contribution in [0.1, 0.15) is 26.2 Å². The Kier molecular flexibility index (Phi) is 7.55. The van der Waals surface area contributed by atoms with Gasteiger partial charge in [0.15, 0.2) is 0 Å². The summed E-state index contributed by atoms with van der Waals surface area (Å²) in [6, 6.07) is 0.118. The monoisotopic (exact) mass is 295 g/mol. The molecule has 1 fully saturated rings. The average Bonchev–Trinajstić information content (AvgIpc) is 2.35. The molecule has 5 nitrogen and oxygen atoms in total. The first-order chi connectivity index (χ1) is 8.56. The third-order valence-electron chi connectivity index (χ3n) is 3.02. The molecule has 1 heterocycles. The number of rotatable bonds is 8. The van der Waals surface area contributed by atoms with Gasteiger partial charge in [0.25, 0.3) is 10.2 Å². The molecule has 1 rings (SSSR count). The fourth-order valence-electron chi connectivity index (χ4n) is 1.84. The van der Waals surface area contributed by atoms with Crippen molar-refractivity contribution in [2.45, 2.75) is 32.2 Å². The highest BCUT2D eigenvalue weighted by atomic mass is 32.2. The fourth-order valence-corrected chi connectivity index (χ4v) is 4.15. The van der Waals surface area contributed by atoms with Gasteiger partial charge in [0.1, 0.15) is 0 Å². The number of hydrogen-bond donors (Lipinski definition) is 2. The number of nitrogens with one attached hydrogen (secondary N) is 2. The molecule has 0 unspecified atom stereocenters. The molecule has 18 heavy (non-hydrogen) atoms. The lowest BCUT2D eigenvalue weighted by molar-refractivity contribution is 0.431. The summed E-state index contributed by atoms with van der Waals surface area (Å²) in [5, 5.41) is 3.19. The van der Waals surface area contributed by atoms with E-state index in [0.717, 1.165) is 43.9 Å². The molecule has 1 saturated heterocycles. The second-order valence-electron chi connectivity index (χ2n) is 4.54. The molecule has 0 aromatic rings. The third-order valence-corrected chi connectivity index (χ3v) is 5.71. The SMILES string of the molecule is CCNCCCN(C)S(=O)(=O)NC1CCSCC1. The summed E-state index contributed by atoms with van der Waals surface area (Å²) in [6.07, 6.45) is 2.72. The standard InChI is InChI=1S/C11H25N3O2S2/c1-3-12-7-4-8-14(2)18(15,16)13-11-5-9-17-10-6-11/h11-13H,3-10H2,1-2H3. The number of nitrogens with zero attached hydrogens (tertiary/aromatic N) is 1. The van der Waals surface area contributed by atoms with Crippen LogP contribution in [0, 0.1) is 0 Å². The van der Waals surface area contributed by atoms with Crippen molar-refractivity contribution in [3.05, 3.63) is 0 Å². The van der Waals surface area contributed by atoms with E-state index in [0.29, 0.717) is 6.54 Å². The van der Waals surface area contributed by atoms with Gasteiger partial charge in [-0.3, -0.25) is 0 Å². The van der Waals surface area contributed by atoms with Crippen LogP contribution in [-0.4, -0.2) is 57.0 Å². The lowest BCUT2D eigenvalue weighted by atomic mass is 10.2. The third kappa shape index (κ3) is 5.88. The van der Waals surface area contributed by atoms with Crippen LogP contribution in [0.4, 0.5) is 0 Å². The lowest BCUT2D eigenvalue weighted by Crippen LogP contribution is -2.45. The minimum atomic E-state index is -3.30. The molecule has 0 atom stereocenters. The Morgan fingerprint density at radius 1 is 1.33 bits per heavy atom. The number of hydrogen-bond acceptors (Lipinski definition) is 4. The first-order valence-electron chi connectivity index (χ1n) is 6.58. The van der Waals surface area contributed by atoms with E-state index in [1.807, 2.05) is 18.7 Å². The molecule has 0 amide bonds. The second-order valence-corrected chi connectivity index (χ2v) is 7.57. The van der Waals surface area contributed by atoms with Crippen LogP contribution < -0.4 is 10.0 Å². The zero-order valence-corrected chi connectivity index (χ0v) is 12.9. The van der Waals surface area contributed by atoms with Crippen molar-refractivity contribution >= 4 is 22.0 Å². The van der Waals surface area contributed by atoms with E-state index in [4.69, 9.17) is 0 Å². The summed E-state index contributed by atoms with van der Waals surface area (Å²) in [7, 11) is -1.66. The molecule has 1 aliphatic heterocycles. The Bertz CT molecular complexity index is 316. The van der Waals surface area contributed by atoms with E-state index in [1.165, 1.54) is 4.31 Å². The quantitative estimate of drug-likeness (QED) is 0.646. The molecule has 0 aliphatic carbocycles. The predicted octanol–water partition coefficient (Wildman–Crippen LogP) is 0.648. The molecule has 108 valence electrons. The van der Waals surface area contributed by atoms with Gasteiger partial charge in [-0.25, -0.2) is 0 Å². The Hall–Kier alpha value is 0.180. The summed E-state index contributed by atoms with van der Waals surface area (Å²) in [5.74, 6) is 2.11.